The van der Waals surface area contributed by atoms with Gasteiger partial charge in [0.2, 0.25) is 0 Å². The van der Waals surface area contributed by atoms with Crippen molar-refractivity contribution in [2.75, 3.05) is 7.11 Å². The minimum absolute atomic E-state index is 0.348. The summed E-state index contributed by atoms with van der Waals surface area (Å²) < 4.78 is 16.0. The van der Waals surface area contributed by atoms with Crippen molar-refractivity contribution in [1.82, 2.24) is 0 Å². The van der Waals surface area contributed by atoms with Crippen LogP contribution in [0.5, 0.6) is 11.5 Å². The Hall–Kier alpha value is -2.49. The Kier molecular flexibility index (Phi) is 4.98. The SMILES string of the molecule is COC(=O)Oc1cccc(C)c1COc1cc(C)c(C)cc1C1CC1. The van der Waals surface area contributed by atoms with Gasteiger partial charge in [0.1, 0.15) is 18.1 Å². The molecule has 0 saturated heterocycles. The lowest BCUT2D eigenvalue weighted by molar-refractivity contribution is 0.120. The van der Waals surface area contributed by atoms with Crippen molar-refractivity contribution in [3.05, 3.63) is 58.1 Å². The van der Waals surface area contributed by atoms with Crippen molar-refractivity contribution >= 4 is 6.16 Å². The van der Waals surface area contributed by atoms with Gasteiger partial charge in [0.05, 0.1) is 7.11 Å². The van der Waals surface area contributed by atoms with Crippen molar-refractivity contribution in [2.45, 2.75) is 46.1 Å². The molecule has 2 aromatic rings. The van der Waals surface area contributed by atoms with Crippen molar-refractivity contribution in [3.63, 3.8) is 0 Å². The number of ether oxygens (including phenoxy) is 3. The first-order valence-electron chi connectivity index (χ1n) is 8.57. The molecule has 3 rings (SSSR count). The lowest BCUT2D eigenvalue weighted by atomic mass is 10.0. The molecule has 1 saturated carbocycles. The van der Waals surface area contributed by atoms with Gasteiger partial charge >= 0.3 is 6.16 Å². The zero-order chi connectivity index (χ0) is 18.0. The van der Waals surface area contributed by atoms with E-state index >= 15 is 0 Å². The first kappa shape index (κ1) is 17.3. The van der Waals surface area contributed by atoms with Crippen molar-refractivity contribution in [2.24, 2.45) is 0 Å². The van der Waals surface area contributed by atoms with Crippen LogP contribution in [0, 0.1) is 20.8 Å². The van der Waals surface area contributed by atoms with Crippen LogP contribution in [-0.4, -0.2) is 13.3 Å². The monoisotopic (exact) mass is 340 g/mol. The highest BCUT2D eigenvalue weighted by Gasteiger charge is 2.27. The summed E-state index contributed by atoms with van der Waals surface area (Å²) in [6, 6.07) is 9.94. The predicted molar refractivity (Wildman–Crippen MR) is 96.4 cm³/mol. The van der Waals surface area contributed by atoms with Gasteiger partial charge in [0.25, 0.3) is 0 Å². The molecule has 0 heterocycles. The Bertz CT molecular complexity index is 791. The minimum atomic E-state index is -0.725. The second-order valence-corrected chi connectivity index (χ2v) is 6.65. The molecule has 25 heavy (non-hydrogen) atoms. The number of methoxy groups -OCH3 is 1. The molecule has 0 spiro atoms. The molecular formula is C21H24O4. The van der Waals surface area contributed by atoms with Crippen LogP contribution in [0.15, 0.2) is 30.3 Å². The first-order chi connectivity index (χ1) is 12.0. The highest BCUT2D eigenvalue weighted by Crippen LogP contribution is 2.45. The summed E-state index contributed by atoms with van der Waals surface area (Å²) in [5.41, 5.74) is 5.66. The van der Waals surface area contributed by atoms with Gasteiger partial charge < -0.3 is 14.2 Å². The summed E-state index contributed by atoms with van der Waals surface area (Å²) in [5, 5.41) is 0. The van der Waals surface area contributed by atoms with E-state index < -0.39 is 6.16 Å². The highest BCUT2D eigenvalue weighted by atomic mass is 16.7. The van der Waals surface area contributed by atoms with E-state index in [1.165, 1.54) is 36.6 Å². The van der Waals surface area contributed by atoms with Gasteiger partial charge in [-0.05, 0) is 73.9 Å². The Morgan fingerprint density at radius 3 is 2.44 bits per heavy atom. The molecule has 0 aromatic heterocycles. The molecule has 0 aliphatic heterocycles. The standard InChI is InChI=1S/C21H24O4/c1-13-6-5-7-19(25-21(22)23-4)18(13)12-24-20-11-15(3)14(2)10-17(20)16-8-9-16/h5-7,10-11,16H,8-9,12H2,1-4H3. The average molecular weight is 340 g/mol. The number of benzene rings is 2. The maximum absolute atomic E-state index is 11.5. The minimum Gasteiger partial charge on any atom is -0.488 e. The Labute approximate surface area is 148 Å². The number of rotatable bonds is 5. The van der Waals surface area contributed by atoms with Crippen molar-refractivity contribution in [3.8, 4) is 11.5 Å². The topological polar surface area (TPSA) is 44.8 Å². The third-order valence-corrected chi connectivity index (χ3v) is 4.74. The fraction of sp³-hybridized carbons (Fsp3) is 0.381. The lowest BCUT2D eigenvalue weighted by Crippen LogP contribution is -2.11. The van der Waals surface area contributed by atoms with Crippen LogP contribution in [0.3, 0.4) is 0 Å². The smallest absolute Gasteiger partial charge is 0.488 e. The molecular weight excluding hydrogens is 316 g/mol. The molecule has 0 radical (unpaired) electrons. The second-order valence-electron chi connectivity index (χ2n) is 6.65. The van der Waals surface area contributed by atoms with E-state index in [1.54, 1.807) is 6.07 Å². The van der Waals surface area contributed by atoms with Gasteiger partial charge in [0, 0.05) is 5.56 Å². The summed E-state index contributed by atoms with van der Waals surface area (Å²) >= 11 is 0. The largest absolute Gasteiger partial charge is 0.513 e. The lowest BCUT2D eigenvalue weighted by Gasteiger charge is -2.16. The fourth-order valence-electron chi connectivity index (χ4n) is 2.89. The van der Waals surface area contributed by atoms with Crippen molar-refractivity contribution in [1.29, 1.82) is 0 Å². The molecule has 0 unspecified atom stereocenters. The zero-order valence-electron chi connectivity index (χ0n) is 15.2. The normalized spacial score (nSPS) is 13.4. The van der Waals surface area contributed by atoms with Crippen LogP contribution in [0.25, 0.3) is 0 Å². The van der Waals surface area contributed by atoms with Gasteiger partial charge in [-0.15, -0.1) is 0 Å². The van der Waals surface area contributed by atoms with Crippen LogP contribution in [0.1, 0.15) is 46.6 Å². The van der Waals surface area contributed by atoms with Crippen LogP contribution < -0.4 is 9.47 Å². The molecule has 0 bridgehead atoms. The van der Waals surface area contributed by atoms with Crippen LogP contribution >= 0.6 is 0 Å². The number of hydrogen-bond donors (Lipinski definition) is 0. The fourth-order valence-corrected chi connectivity index (χ4v) is 2.89. The van der Waals surface area contributed by atoms with Crippen LogP contribution in [0.4, 0.5) is 4.79 Å². The molecule has 0 N–H and O–H groups in total. The van der Waals surface area contributed by atoms with Gasteiger partial charge in [0.15, 0.2) is 0 Å². The first-order valence-corrected chi connectivity index (χ1v) is 8.57. The molecule has 4 nitrogen and oxygen atoms in total. The maximum atomic E-state index is 11.5. The second kappa shape index (κ2) is 7.18. The molecule has 2 aromatic carbocycles. The average Bonchev–Trinajstić information content (AvgIpc) is 3.42. The highest BCUT2D eigenvalue weighted by molar-refractivity contribution is 5.64. The molecule has 1 aliphatic carbocycles. The van der Waals surface area contributed by atoms with Gasteiger partial charge in [-0.3, -0.25) is 0 Å². The van der Waals surface area contributed by atoms with Crippen LogP contribution in [-0.2, 0) is 11.3 Å². The van der Waals surface area contributed by atoms with E-state index in [0.29, 0.717) is 18.3 Å². The van der Waals surface area contributed by atoms with E-state index in [1.807, 2.05) is 19.1 Å². The quantitative estimate of drug-likeness (QED) is 0.553. The summed E-state index contributed by atoms with van der Waals surface area (Å²) in [6.07, 6.45) is 1.72. The third-order valence-electron chi connectivity index (χ3n) is 4.74. The maximum Gasteiger partial charge on any atom is 0.513 e. The molecule has 1 fully saturated rings. The molecule has 4 heteroatoms. The summed E-state index contributed by atoms with van der Waals surface area (Å²) in [4.78, 5) is 11.5. The molecule has 0 atom stereocenters. The van der Waals surface area contributed by atoms with Gasteiger partial charge in [-0.25, -0.2) is 4.79 Å². The van der Waals surface area contributed by atoms with Crippen molar-refractivity contribution < 1.29 is 19.0 Å². The Morgan fingerprint density at radius 1 is 1.04 bits per heavy atom. The molecule has 0 amide bonds. The summed E-state index contributed by atoms with van der Waals surface area (Å²) in [6.45, 7) is 6.55. The zero-order valence-corrected chi connectivity index (χ0v) is 15.2. The number of hydrogen-bond acceptors (Lipinski definition) is 4. The molecule has 1 aliphatic rings. The van der Waals surface area contributed by atoms with Crippen LogP contribution in [0.2, 0.25) is 0 Å². The summed E-state index contributed by atoms with van der Waals surface area (Å²) in [5.74, 6) is 2.01. The van der Waals surface area contributed by atoms with E-state index in [4.69, 9.17) is 9.47 Å². The summed E-state index contributed by atoms with van der Waals surface area (Å²) in [7, 11) is 1.30. The van der Waals surface area contributed by atoms with E-state index in [9.17, 15) is 4.79 Å². The molecule has 132 valence electrons. The van der Waals surface area contributed by atoms with E-state index in [2.05, 4.69) is 30.7 Å². The Morgan fingerprint density at radius 2 is 1.76 bits per heavy atom. The number of carbonyl (C=O) groups excluding carboxylic acids is 1. The van der Waals surface area contributed by atoms with E-state index in [0.717, 1.165) is 16.9 Å². The number of aryl methyl sites for hydroxylation is 3. The number of carbonyl (C=O) groups is 1. The third kappa shape index (κ3) is 3.95. The van der Waals surface area contributed by atoms with E-state index in [-0.39, 0.29) is 0 Å². The predicted octanol–water partition coefficient (Wildman–Crippen LogP) is 5.21. The van der Waals surface area contributed by atoms with Gasteiger partial charge in [-0.2, -0.15) is 0 Å². The Balaban J connectivity index is 1.85. The van der Waals surface area contributed by atoms with Gasteiger partial charge in [-0.1, -0.05) is 18.2 Å².